The summed E-state index contributed by atoms with van der Waals surface area (Å²) in [4.78, 5) is 0. The van der Waals surface area contributed by atoms with E-state index in [-0.39, 0.29) is 0 Å². The van der Waals surface area contributed by atoms with Gasteiger partial charge in [0.2, 0.25) is 0 Å². The molecular weight excluding hydrogens is 266 g/mol. The Bertz CT molecular complexity index is 681. The van der Waals surface area contributed by atoms with Crippen molar-refractivity contribution in [2.45, 2.75) is 53.4 Å². The number of rotatable bonds is 3. The van der Waals surface area contributed by atoms with Crippen LogP contribution in [-0.4, -0.2) is 0 Å². The Morgan fingerprint density at radius 2 is 1.32 bits per heavy atom. The average Bonchev–Trinajstić information content (AvgIpc) is 2.45. The predicted octanol–water partition coefficient (Wildman–Crippen LogP) is 5.89. The molecule has 22 heavy (non-hydrogen) atoms. The molecular formula is C21H24N. The Labute approximate surface area is 134 Å². The summed E-state index contributed by atoms with van der Waals surface area (Å²) in [6, 6.07) is 14.2. The van der Waals surface area contributed by atoms with Gasteiger partial charge in [-0.25, -0.2) is 0 Å². The van der Waals surface area contributed by atoms with E-state index in [0.717, 1.165) is 16.7 Å². The van der Waals surface area contributed by atoms with E-state index >= 15 is 0 Å². The fraction of sp³-hybridized carbons (Fsp3) is 0.381. The van der Waals surface area contributed by atoms with Crippen LogP contribution in [0, 0.1) is 31.2 Å². The molecule has 1 heteroatoms. The summed E-state index contributed by atoms with van der Waals surface area (Å²) >= 11 is 0. The van der Waals surface area contributed by atoms with Gasteiger partial charge in [-0.15, -0.1) is 0 Å². The Morgan fingerprint density at radius 1 is 0.864 bits per heavy atom. The van der Waals surface area contributed by atoms with E-state index < -0.39 is 0 Å². The van der Waals surface area contributed by atoms with Crippen LogP contribution >= 0.6 is 0 Å². The molecule has 1 nitrogen and oxygen atoms in total. The summed E-state index contributed by atoms with van der Waals surface area (Å²) in [6.07, 6.45) is 0. The first kappa shape index (κ1) is 16.3. The van der Waals surface area contributed by atoms with E-state index in [1.54, 1.807) is 0 Å². The van der Waals surface area contributed by atoms with Crippen molar-refractivity contribution in [1.82, 2.24) is 0 Å². The standard InChI is InChI=1S/C21H24N/c1-13(2)18-9-19(14(3)4)11-20(10-18)21-15(5)7-17(12-22)8-16(21)6/h7-8,10-11,13-14H,1-6H3. The van der Waals surface area contributed by atoms with Crippen LogP contribution in [0.5, 0.6) is 0 Å². The van der Waals surface area contributed by atoms with Gasteiger partial charge >= 0.3 is 0 Å². The second kappa shape index (κ2) is 6.36. The van der Waals surface area contributed by atoms with Crippen molar-refractivity contribution in [2.75, 3.05) is 0 Å². The van der Waals surface area contributed by atoms with Crippen molar-refractivity contribution < 1.29 is 0 Å². The molecule has 0 aliphatic heterocycles. The highest BCUT2D eigenvalue weighted by atomic mass is 14.2. The van der Waals surface area contributed by atoms with Crippen molar-refractivity contribution >= 4 is 0 Å². The van der Waals surface area contributed by atoms with E-state index in [1.165, 1.54) is 22.3 Å². The zero-order valence-electron chi connectivity index (χ0n) is 14.4. The van der Waals surface area contributed by atoms with Crippen LogP contribution < -0.4 is 0 Å². The van der Waals surface area contributed by atoms with Gasteiger partial charge in [-0.2, -0.15) is 5.26 Å². The highest BCUT2D eigenvalue weighted by Gasteiger charge is 2.13. The van der Waals surface area contributed by atoms with Gasteiger partial charge in [0.05, 0.1) is 11.6 Å². The van der Waals surface area contributed by atoms with Crippen LogP contribution in [0.15, 0.2) is 24.3 Å². The largest absolute Gasteiger partial charge is 0.192 e. The van der Waals surface area contributed by atoms with Gasteiger partial charge in [-0.05, 0) is 77.3 Å². The molecule has 0 atom stereocenters. The summed E-state index contributed by atoms with van der Waals surface area (Å²) in [6.45, 7) is 13.0. The van der Waals surface area contributed by atoms with E-state index in [2.05, 4.69) is 65.8 Å². The first-order chi connectivity index (χ1) is 10.3. The molecule has 0 aliphatic rings. The predicted molar refractivity (Wildman–Crippen MR) is 93.1 cm³/mol. The van der Waals surface area contributed by atoms with E-state index in [4.69, 9.17) is 5.26 Å². The summed E-state index contributed by atoms with van der Waals surface area (Å²) in [5.41, 5.74) is 8.05. The molecule has 0 saturated carbocycles. The van der Waals surface area contributed by atoms with Crippen molar-refractivity contribution in [3.8, 4) is 17.2 Å². The fourth-order valence-corrected chi connectivity index (χ4v) is 2.87. The van der Waals surface area contributed by atoms with E-state index in [9.17, 15) is 0 Å². The maximum atomic E-state index is 9.13. The van der Waals surface area contributed by atoms with E-state index in [1.807, 2.05) is 12.1 Å². The third kappa shape index (κ3) is 3.22. The van der Waals surface area contributed by atoms with Gasteiger partial charge in [0, 0.05) is 0 Å². The summed E-state index contributed by atoms with van der Waals surface area (Å²) in [7, 11) is 0. The van der Waals surface area contributed by atoms with Crippen molar-refractivity contribution in [3.05, 3.63) is 58.1 Å². The molecule has 0 unspecified atom stereocenters. The molecule has 0 spiro atoms. The number of aryl methyl sites for hydroxylation is 2. The molecule has 0 heterocycles. The molecule has 0 N–H and O–H groups in total. The molecule has 0 saturated heterocycles. The van der Waals surface area contributed by atoms with Crippen molar-refractivity contribution in [1.29, 1.82) is 5.26 Å². The zero-order valence-corrected chi connectivity index (χ0v) is 14.4. The second-order valence-corrected chi connectivity index (χ2v) is 6.69. The highest BCUT2D eigenvalue weighted by molar-refractivity contribution is 5.73. The average molecular weight is 290 g/mol. The van der Waals surface area contributed by atoms with Crippen LogP contribution in [0.2, 0.25) is 0 Å². The number of hydrogen-bond donors (Lipinski definition) is 0. The fourth-order valence-electron chi connectivity index (χ4n) is 2.87. The molecule has 0 bridgehead atoms. The topological polar surface area (TPSA) is 23.8 Å². The van der Waals surface area contributed by atoms with Crippen LogP contribution in [0.1, 0.15) is 67.3 Å². The summed E-state index contributed by atoms with van der Waals surface area (Å²) in [5.74, 6) is 0.910. The molecule has 0 aromatic heterocycles. The zero-order chi connectivity index (χ0) is 16.4. The lowest BCUT2D eigenvalue weighted by atomic mass is 9.87. The Balaban J connectivity index is 2.70. The Kier molecular flexibility index (Phi) is 4.71. The highest BCUT2D eigenvalue weighted by Crippen LogP contribution is 2.33. The lowest BCUT2D eigenvalue weighted by molar-refractivity contribution is 0.831. The van der Waals surface area contributed by atoms with Gasteiger partial charge in [-0.3, -0.25) is 0 Å². The quantitative estimate of drug-likeness (QED) is 0.691. The first-order valence-electron chi connectivity index (χ1n) is 7.92. The molecule has 2 rings (SSSR count). The summed E-state index contributed by atoms with van der Waals surface area (Å²) < 4.78 is 0. The molecule has 113 valence electrons. The van der Waals surface area contributed by atoms with Gasteiger partial charge in [0.25, 0.3) is 0 Å². The molecule has 0 aliphatic carbocycles. The van der Waals surface area contributed by atoms with Gasteiger partial charge in [0.15, 0.2) is 0 Å². The molecule has 0 amide bonds. The van der Waals surface area contributed by atoms with Crippen LogP contribution in [0.4, 0.5) is 0 Å². The Hall–Kier alpha value is -2.07. The lowest BCUT2D eigenvalue weighted by Crippen LogP contribution is -1.98. The molecule has 1 radical (unpaired) electrons. The third-order valence-corrected chi connectivity index (χ3v) is 4.11. The number of benzene rings is 2. The van der Waals surface area contributed by atoms with Crippen LogP contribution in [0.25, 0.3) is 11.1 Å². The maximum Gasteiger partial charge on any atom is 0.0991 e. The minimum atomic E-state index is 0.455. The van der Waals surface area contributed by atoms with Crippen molar-refractivity contribution in [2.24, 2.45) is 0 Å². The maximum absolute atomic E-state index is 9.13. The van der Waals surface area contributed by atoms with E-state index in [0.29, 0.717) is 11.8 Å². The third-order valence-electron chi connectivity index (χ3n) is 4.11. The van der Waals surface area contributed by atoms with Crippen LogP contribution in [-0.2, 0) is 0 Å². The van der Waals surface area contributed by atoms with Crippen molar-refractivity contribution in [3.63, 3.8) is 0 Å². The Morgan fingerprint density at radius 3 is 1.68 bits per heavy atom. The number of nitriles is 1. The molecule has 0 fully saturated rings. The number of hydrogen-bond acceptors (Lipinski definition) is 1. The minimum absolute atomic E-state index is 0.455. The van der Waals surface area contributed by atoms with Gasteiger partial charge in [0.1, 0.15) is 0 Å². The number of nitrogens with zero attached hydrogens (tertiary/aromatic N) is 1. The van der Waals surface area contributed by atoms with Crippen LogP contribution in [0.3, 0.4) is 0 Å². The first-order valence-corrected chi connectivity index (χ1v) is 7.92. The van der Waals surface area contributed by atoms with Gasteiger partial charge < -0.3 is 0 Å². The molecule has 2 aromatic carbocycles. The monoisotopic (exact) mass is 290 g/mol. The lowest BCUT2D eigenvalue weighted by Gasteiger charge is -2.17. The SMILES string of the molecule is Cc1cc(C#N)cc(C)c1-c1cc(C(C)C)[c]c(C(C)C)c1. The second-order valence-electron chi connectivity index (χ2n) is 6.69. The smallest absolute Gasteiger partial charge is 0.0991 e. The molecule has 2 aromatic rings. The summed E-state index contributed by atoms with van der Waals surface area (Å²) in [5, 5.41) is 9.13. The minimum Gasteiger partial charge on any atom is -0.192 e. The van der Waals surface area contributed by atoms with Gasteiger partial charge in [-0.1, -0.05) is 39.8 Å². The normalized spacial score (nSPS) is 11.0.